The van der Waals surface area contributed by atoms with Crippen molar-refractivity contribution in [3.8, 4) is 11.5 Å². The van der Waals surface area contributed by atoms with Gasteiger partial charge >= 0.3 is 0 Å². The zero-order valence-corrected chi connectivity index (χ0v) is 17.8. The molecule has 162 valence electrons. The molecule has 0 fully saturated rings. The maximum absolute atomic E-state index is 13.2. The minimum absolute atomic E-state index is 0.0453. The number of aromatic hydroxyl groups is 1. The van der Waals surface area contributed by atoms with Crippen LogP contribution in [0, 0.1) is 0 Å². The molecular weight excluding hydrogens is 432 g/mol. The molecule has 0 radical (unpaired) electrons. The molecule has 2 aromatic heterocycles. The minimum Gasteiger partial charge on any atom is -0.506 e. The number of fused-ring (bicyclic) bond motifs is 1. The Kier molecular flexibility index (Phi) is 6.04. The summed E-state index contributed by atoms with van der Waals surface area (Å²) in [5, 5.41) is 12.4. The van der Waals surface area contributed by atoms with E-state index in [1.807, 2.05) is 24.3 Å². The van der Waals surface area contributed by atoms with Gasteiger partial charge in [0, 0.05) is 18.3 Å². The highest BCUT2D eigenvalue weighted by Crippen LogP contribution is 2.24. The monoisotopic (exact) mass is 450 g/mol. The van der Waals surface area contributed by atoms with Gasteiger partial charge in [-0.3, -0.25) is 14.2 Å². The fraction of sp³-hybridized carbons (Fsp3) is 0.130. The second-order valence-corrected chi connectivity index (χ2v) is 7.39. The lowest BCUT2D eigenvalue weighted by molar-refractivity contribution is 0.102. The summed E-state index contributed by atoms with van der Waals surface area (Å²) < 4.78 is 6.85. The number of pyridine rings is 1. The Morgan fingerprint density at radius 2 is 2.00 bits per heavy atom. The van der Waals surface area contributed by atoms with E-state index in [9.17, 15) is 14.7 Å². The number of carbonyl (C=O) groups is 1. The Morgan fingerprint density at radius 1 is 1.19 bits per heavy atom. The number of aryl methyl sites for hydroxylation is 2. The van der Waals surface area contributed by atoms with Crippen LogP contribution in [0.5, 0.6) is 11.5 Å². The number of nitrogens with one attached hydrogen (secondary N) is 1. The molecular formula is C23H19ClN4O4. The summed E-state index contributed by atoms with van der Waals surface area (Å²) in [6, 6.07) is 13.3. The summed E-state index contributed by atoms with van der Waals surface area (Å²) in [6.07, 6.45) is 3.50. The molecule has 8 nitrogen and oxygen atoms in total. The van der Waals surface area contributed by atoms with Gasteiger partial charge in [0.25, 0.3) is 11.5 Å². The largest absolute Gasteiger partial charge is 0.506 e. The van der Waals surface area contributed by atoms with E-state index in [-0.39, 0.29) is 33.1 Å². The van der Waals surface area contributed by atoms with Gasteiger partial charge in [0.05, 0.1) is 24.0 Å². The van der Waals surface area contributed by atoms with Crippen LogP contribution in [-0.2, 0) is 13.0 Å². The third kappa shape index (κ3) is 4.26. The number of rotatable bonds is 6. The Balaban J connectivity index is 1.65. The maximum Gasteiger partial charge on any atom is 0.264 e. The molecule has 2 N–H and O–H groups in total. The van der Waals surface area contributed by atoms with E-state index in [0.717, 1.165) is 11.3 Å². The molecule has 32 heavy (non-hydrogen) atoms. The summed E-state index contributed by atoms with van der Waals surface area (Å²) >= 11 is 5.89. The Hall–Kier alpha value is -3.91. The van der Waals surface area contributed by atoms with Crippen LogP contribution in [0.3, 0.4) is 0 Å². The topological polar surface area (TPSA) is 106 Å². The van der Waals surface area contributed by atoms with Crippen LogP contribution >= 0.6 is 11.6 Å². The third-order valence-electron chi connectivity index (χ3n) is 5.00. The first-order chi connectivity index (χ1) is 15.5. The summed E-state index contributed by atoms with van der Waals surface area (Å²) in [7, 11) is 1.60. The highest BCUT2D eigenvalue weighted by Gasteiger charge is 2.15. The third-order valence-corrected chi connectivity index (χ3v) is 5.30. The van der Waals surface area contributed by atoms with Crippen LogP contribution in [0.25, 0.3) is 10.9 Å². The van der Waals surface area contributed by atoms with E-state index in [4.69, 9.17) is 16.3 Å². The van der Waals surface area contributed by atoms with Crippen LogP contribution in [0.4, 0.5) is 5.82 Å². The average molecular weight is 451 g/mol. The van der Waals surface area contributed by atoms with Crippen LogP contribution < -0.4 is 15.6 Å². The number of aromatic nitrogens is 3. The first kappa shape index (κ1) is 21.3. The van der Waals surface area contributed by atoms with Crippen molar-refractivity contribution in [2.45, 2.75) is 13.0 Å². The van der Waals surface area contributed by atoms with Gasteiger partial charge in [-0.25, -0.2) is 9.97 Å². The van der Waals surface area contributed by atoms with E-state index >= 15 is 0 Å². The van der Waals surface area contributed by atoms with Gasteiger partial charge in [-0.15, -0.1) is 0 Å². The van der Waals surface area contributed by atoms with Gasteiger partial charge in [-0.1, -0.05) is 29.8 Å². The highest BCUT2D eigenvalue weighted by molar-refractivity contribution is 6.32. The number of para-hydroxylation sites is 1. The summed E-state index contributed by atoms with van der Waals surface area (Å²) in [5.74, 6) is 0.196. The van der Waals surface area contributed by atoms with Crippen LogP contribution in [0.15, 0.2) is 65.8 Å². The number of phenolic OH excluding ortho intramolecular Hbond substituents is 1. The quantitative estimate of drug-likeness (QED) is 0.464. The number of methoxy groups -OCH3 is 1. The SMILES string of the molecule is COc1ccccc1CCn1cnc2ccnc(NC(=O)c3ccc(O)c(Cl)c3)c2c1=O. The predicted molar refractivity (Wildman–Crippen MR) is 122 cm³/mol. The number of halogens is 1. The number of benzene rings is 2. The van der Waals surface area contributed by atoms with Gasteiger partial charge in [0.1, 0.15) is 22.7 Å². The van der Waals surface area contributed by atoms with Crippen molar-refractivity contribution in [2.24, 2.45) is 0 Å². The molecule has 4 rings (SSSR count). The number of hydrogen-bond acceptors (Lipinski definition) is 6. The Morgan fingerprint density at radius 3 is 2.78 bits per heavy atom. The molecule has 9 heteroatoms. The first-order valence-corrected chi connectivity index (χ1v) is 10.1. The van der Waals surface area contributed by atoms with Crippen molar-refractivity contribution in [1.82, 2.24) is 14.5 Å². The molecule has 0 spiro atoms. The van der Waals surface area contributed by atoms with Gasteiger partial charge in [-0.2, -0.15) is 0 Å². The highest BCUT2D eigenvalue weighted by atomic mass is 35.5. The maximum atomic E-state index is 13.2. The van der Waals surface area contributed by atoms with E-state index in [0.29, 0.717) is 18.5 Å². The normalized spacial score (nSPS) is 10.8. The van der Waals surface area contributed by atoms with Crippen LogP contribution in [0.2, 0.25) is 5.02 Å². The van der Waals surface area contributed by atoms with Crippen molar-refractivity contribution < 1.29 is 14.6 Å². The molecule has 2 aromatic carbocycles. The number of phenols is 1. The summed E-state index contributed by atoms with van der Waals surface area (Å²) in [5.41, 5.74) is 1.27. The molecule has 4 aromatic rings. The Labute approximate surface area is 188 Å². The van der Waals surface area contributed by atoms with Gasteiger partial charge in [0.2, 0.25) is 0 Å². The molecule has 0 aliphatic rings. The van der Waals surface area contributed by atoms with Crippen molar-refractivity contribution in [2.75, 3.05) is 12.4 Å². The van der Waals surface area contributed by atoms with Crippen molar-refractivity contribution in [3.05, 3.63) is 87.6 Å². The molecule has 0 bridgehead atoms. The first-order valence-electron chi connectivity index (χ1n) is 9.74. The minimum atomic E-state index is -0.518. The molecule has 2 heterocycles. The van der Waals surface area contributed by atoms with Gasteiger partial charge < -0.3 is 15.2 Å². The lowest BCUT2D eigenvalue weighted by atomic mass is 10.1. The number of amides is 1. The fourth-order valence-corrected chi connectivity index (χ4v) is 3.51. The van der Waals surface area contributed by atoms with E-state index in [1.165, 1.54) is 35.3 Å². The van der Waals surface area contributed by atoms with Crippen molar-refractivity contribution >= 4 is 34.2 Å². The number of ether oxygens (including phenoxy) is 1. The lowest BCUT2D eigenvalue weighted by Gasteiger charge is -2.11. The second-order valence-electron chi connectivity index (χ2n) is 6.98. The summed E-state index contributed by atoms with van der Waals surface area (Å²) in [6.45, 7) is 0.373. The van der Waals surface area contributed by atoms with Gasteiger partial charge in [0.15, 0.2) is 0 Å². The van der Waals surface area contributed by atoms with Crippen molar-refractivity contribution in [1.29, 1.82) is 0 Å². The molecule has 0 saturated heterocycles. The zero-order chi connectivity index (χ0) is 22.7. The smallest absolute Gasteiger partial charge is 0.264 e. The van der Waals surface area contributed by atoms with Crippen molar-refractivity contribution in [3.63, 3.8) is 0 Å². The number of anilines is 1. The lowest BCUT2D eigenvalue weighted by Crippen LogP contribution is -2.24. The predicted octanol–water partition coefficient (Wildman–Crippen LogP) is 3.65. The summed E-state index contributed by atoms with van der Waals surface area (Å²) in [4.78, 5) is 34.4. The average Bonchev–Trinajstić information content (AvgIpc) is 2.80. The standard InChI is InChI=1S/C23H19ClN4O4/c1-32-19-5-3-2-4-14(19)9-11-28-13-26-17-8-10-25-21(20(17)23(28)31)27-22(30)15-6-7-18(29)16(24)12-15/h2-8,10,12-13,29H,9,11H2,1H3,(H,25,27,30). The molecule has 0 unspecified atom stereocenters. The molecule has 1 amide bonds. The molecule has 0 aliphatic heterocycles. The van der Waals surface area contributed by atoms with Gasteiger partial charge in [-0.05, 0) is 42.3 Å². The zero-order valence-electron chi connectivity index (χ0n) is 17.1. The van der Waals surface area contributed by atoms with Crippen LogP contribution in [0.1, 0.15) is 15.9 Å². The number of hydrogen-bond donors (Lipinski definition) is 2. The molecule has 0 saturated carbocycles. The second kappa shape index (κ2) is 9.07. The molecule has 0 atom stereocenters. The fourth-order valence-electron chi connectivity index (χ4n) is 3.33. The number of nitrogens with zero attached hydrogens (tertiary/aromatic N) is 3. The Bertz CT molecular complexity index is 1370. The van der Waals surface area contributed by atoms with E-state index in [1.54, 1.807) is 13.2 Å². The van der Waals surface area contributed by atoms with Crippen LogP contribution in [-0.4, -0.2) is 32.7 Å². The molecule has 0 aliphatic carbocycles. The van der Waals surface area contributed by atoms with E-state index in [2.05, 4.69) is 15.3 Å². The number of carbonyl (C=O) groups excluding carboxylic acids is 1. The van der Waals surface area contributed by atoms with E-state index < -0.39 is 5.91 Å².